The van der Waals surface area contributed by atoms with Crippen LogP contribution in [0.1, 0.15) is 30.5 Å². The zero-order valence-electron chi connectivity index (χ0n) is 20.5. The average molecular weight is 474 g/mol. The first-order valence-corrected chi connectivity index (χ1v) is 11.4. The van der Waals surface area contributed by atoms with Gasteiger partial charge in [0.2, 0.25) is 5.91 Å². The van der Waals surface area contributed by atoms with Crippen molar-refractivity contribution in [1.29, 1.82) is 0 Å². The van der Waals surface area contributed by atoms with Crippen LogP contribution in [0.4, 0.5) is 10.1 Å². The number of benzene rings is 3. The molecule has 4 rings (SSSR count). The quantitative estimate of drug-likeness (QED) is 0.286. The fourth-order valence-electron chi connectivity index (χ4n) is 4.06. The molecule has 0 unspecified atom stereocenters. The van der Waals surface area contributed by atoms with Crippen molar-refractivity contribution in [3.8, 4) is 22.6 Å². The summed E-state index contributed by atoms with van der Waals surface area (Å²) in [6.45, 7) is 7.85. The van der Waals surface area contributed by atoms with Crippen LogP contribution in [0.15, 0.2) is 65.3 Å². The Kier molecular flexibility index (Phi) is 6.92. The van der Waals surface area contributed by atoms with Crippen molar-refractivity contribution in [3.05, 3.63) is 83.4 Å². The highest BCUT2D eigenvalue weighted by Crippen LogP contribution is 2.41. The second kappa shape index (κ2) is 10.1. The minimum atomic E-state index is -0.366. The van der Waals surface area contributed by atoms with Gasteiger partial charge in [0.1, 0.15) is 22.9 Å². The van der Waals surface area contributed by atoms with Crippen LogP contribution in [0.5, 0.6) is 11.5 Å². The zero-order chi connectivity index (χ0) is 25.1. The molecule has 0 fully saturated rings. The van der Waals surface area contributed by atoms with Crippen molar-refractivity contribution in [2.24, 2.45) is 0 Å². The molecule has 1 aromatic heterocycles. The number of aryl methyl sites for hydroxylation is 2. The lowest BCUT2D eigenvalue weighted by Gasteiger charge is -2.15. The molecule has 1 N–H and O–H groups in total. The summed E-state index contributed by atoms with van der Waals surface area (Å²) in [6, 6.07) is 14.4. The number of furan rings is 1. The van der Waals surface area contributed by atoms with Gasteiger partial charge in [-0.1, -0.05) is 18.2 Å². The number of amides is 1. The lowest BCUT2D eigenvalue weighted by Crippen LogP contribution is -2.09. The molecule has 0 aliphatic carbocycles. The van der Waals surface area contributed by atoms with Crippen LogP contribution in [0.25, 0.3) is 27.7 Å². The van der Waals surface area contributed by atoms with Crippen LogP contribution >= 0.6 is 0 Å². The van der Waals surface area contributed by atoms with Crippen molar-refractivity contribution < 1.29 is 23.1 Å². The van der Waals surface area contributed by atoms with Gasteiger partial charge >= 0.3 is 0 Å². The predicted octanol–water partition coefficient (Wildman–Crippen LogP) is 7.31. The average Bonchev–Trinajstić information content (AvgIpc) is 3.27. The first-order valence-electron chi connectivity index (χ1n) is 11.4. The third kappa shape index (κ3) is 4.92. The van der Waals surface area contributed by atoms with Gasteiger partial charge in [-0.05, 0) is 74.7 Å². The Morgan fingerprint density at radius 2 is 1.86 bits per heavy atom. The maximum Gasteiger partial charge on any atom is 0.248 e. The number of hydrogen-bond acceptors (Lipinski definition) is 4. The van der Waals surface area contributed by atoms with Gasteiger partial charge in [0.25, 0.3) is 0 Å². The lowest BCUT2D eigenvalue weighted by atomic mass is 9.96. The molecule has 0 saturated heterocycles. The first kappa shape index (κ1) is 24.1. The van der Waals surface area contributed by atoms with Gasteiger partial charge in [-0.2, -0.15) is 0 Å². The zero-order valence-corrected chi connectivity index (χ0v) is 20.5. The molecule has 0 saturated carbocycles. The van der Waals surface area contributed by atoms with Gasteiger partial charge in [-0.3, -0.25) is 4.79 Å². The second-order valence-electron chi connectivity index (χ2n) is 8.35. The van der Waals surface area contributed by atoms with Crippen molar-refractivity contribution in [2.75, 3.05) is 19.0 Å². The van der Waals surface area contributed by atoms with Gasteiger partial charge in [0.15, 0.2) is 0 Å². The highest BCUT2D eigenvalue weighted by atomic mass is 19.1. The Bertz CT molecular complexity index is 1420. The molecule has 0 bridgehead atoms. The standard InChI is InChI=1S/C29H28FNO4/c1-6-34-28-19(4)29-24(25(16-35-29)20-8-11-22(33-5)12-9-20)15-23(28)18(3)13-27(32)31-21-10-7-17(2)26(30)14-21/h7-16H,6H2,1-5H3,(H,31,32)/b18-13+. The fraction of sp³-hybridized carbons (Fsp3) is 0.207. The topological polar surface area (TPSA) is 60.7 Å². The maximum absolute atomic E-state index is 13.9. The highest BCUT2D eigenvalue weighted by Gasteiger charge is 2.19. The Morgan fingerprint density at radius 3 is 2.51 bits per heavy atom. The Labute approximate surface area is 204 Å². The highest BCUT2D eigenvalue weighted by molar-refractivity contribution is 6.06. The number of rotatable bonds is 7. The van der Waals surface area contributed by atoms with Crippen LogP contribution in [0.3, 0.4) is 0 Å². The van der Waals surface area contributed by atoms with E-state index in [0.29, 0.717) is 29.2 Å². The van der Waals surface area contributed by atoms with E-state index in [1.54, 1.807) is 32.4 Å². The van der Waals surface area contributed by atoms with E-state index in [2.05, 4.69) is 5.32 Å². The van der Waals surface area contributed by atoms with E-state index in [1.807, 2.05) is 51.1 Å². The van der Waals surface area contributed by atoms with E-state index in [1.165, 1.54) is 12.1 Å². The smallest absolute Gasteiger partial charge is 0.248 e. The van der Waals surface area contributed by atoms with Crippen LogP contribution in [-0.4, -0.2) is 19.6 Å². The van der Waals surface area contributed by atoms with Gasteiger partial charge in [-0.15, -0.1) is 0 Å². The van der Waals surface area contributed by atoms with Crippen LogP contribution in [0.2, 0.25) is 0 Å². The molecule has 0 atom stereocenters. The lowest BCUT2D eigenvalue weighted by molar-refractivity contribution is -0.111. The molecular weight excluding hydrogens is 445 g/mol. The molecule has 0 radical (unpaired) electrons. The summed E-state index contributed by atoms with van der Waals surface area (Å²) >= 11 is 0. The molecule has 1 heterocycles. The minimum absolute atomic E-state index is 0.353. The monoisotopic (exact) mass is 473 g/mol. The number of methoxy groups -OCH3 is 1. The van der Waals surface area contributed by atoms with Crippen molar-refractivity contribution >= 4 is 28.1 Å². The molecule has 5 nitrogen and oxygen atoms in total. The number of nitrogens with one attached hydrogen (secondary N) is 1. The summed E-state index contributed by atoms with van der Waals surface area (Å²) in [7, 11) is 1.63. The number of halogens is 1. The molecular formula is C29H28FNO4. The summed E-state index contributed by atoms with van der Waals surface area (Å²) < 4.78 is 31.1. The van der Waals surface area contributed by atoms with E-state index < -0.39 is 0 Å². The Hall–Kier alpha value is -4.06. The molecule has 180 valence electrons. The molecule has 1 amide bonds. The van der Waals surface area contributed by atoms with E-state index in [9.17, 15) is 9.18 Å². The third-order valence-corrected chi connectivity index (χ3v) is 5.95. The Balaban J connectivity index is 1.75. The van der Waals surface area contributed by atoms with E-state index in [-0.39, 0.29) is 11.7 Å². The number of carbonyl (C=O) groups excluding carboxylic acids is 1. The van der Waals surface area contributed by atoms with E-state index in [0.717, 1.165) is 39.0 Å². The van der Waals surface area contributed by atoms with Gasteiger partial charge in [0.05, 0.1) is 20.0 Å². The number of allylic oxidation sites excluding steroid dienone is 1. The predicted molar refractivity (Wildman–Crippen MR) is 138 cm³/mol. The summed E-state index contributed by atoms with van der Waals surface area (Å²) in [5.41, 5.74) is 5.93. The number of anilines is 1. The van der Waals surface area contributed by atoms with E-state index >= 15 is 0 Å². The number of fused-ring (bicyclic) bond motifs is 1. The fourth-order valence-corrected chi connectivity index (χ4v) is 4.06. The second-order valence-corrected chi connectivity index (χ2v) is 8.35. The van der Waals surface area contributed by atoms with Crippen LogP contribution in [0, 0.1) is 19.7 Å². The summed E-state index contributed by atoms with van der Waals surface area (Å²) in [5.74, 6) is 0.719. The van der Waals surface area contributed by atoms with Crippen LogP contribution < -0.4 is 14.8 Å². The summed E-state index contributed by atoms with van der Waals surface area (Å²) in [4.78, 5) is 12.7. The van der Waals surface area contributed by atoms with Crippen LogP contribution in [-0.2, 0) is 4.79 Å². The molecule has 0 aliphatic rings. The molecule has 35 heavy (non-hydrogen) atoms. The minimum Gasteiger partial charge on any atom is -0.497 e. The Morgan fingerprint density at radius 1 is 1.11 bits per heavy atom. The third-order valence-electron chi connectivity index (χ3n) is 5.95. The summed E-state index contributed by atoms with van der Waals surface area (Å²) in [6.07, 6.45) is 3.23. The van der Waals surface area contributed by atoms with Gasteiger partial charge in [-0.25, -0.2) is 4.39 Å². The van der Waals surface area contributed by atoms with Crippen molar-refractivity contribution in [3.63, 3.8) is 0 Å². The molecule has 0 spiro atoms. The molecule has 0 aliphatic heterocycles. The van der Waals surface area contributed by atoms with E-state index in [4.69, 9.17) is 13.9 Å². The summed E-state index contributed by atoms with van der Waals surface area (Å²) in [5, 5.41) is 3.65. The largest absolute Gasteiger partial charge is 0.497 e. The van der Waals surface area contributed by atoms with Gasteiger partial charge in [0, 0.05) is 33.8 Å². The number of ether oxygens (including phenoxy) is 2. The molecule has 3 aromatic carbocycles. The van der Waals surface area contributed by atoms with Crippen molar-refractivity contribution in [1.82, 2.24) is 0 Å². The van der Waals surface area contributed by atoms with Crippen molar-refractivity contribution in [2.45, 2.75) is 27.7 Å². The molecule has 6 heteroatoms. The first-order chi connectivity index (χ1) is 16.8. The number of hydrogen-bond donors (Lipinski definition) is 1. The normalized spacial score (nSPS) is 11.5. The SMILES string of the molecule is CCOc1c(/C(C)=C/C(=O)Nc2ccc(C)c(F)c2)cc2c(-c3ccc(OC)cc3)coc2c1C. The molecule has 4 aromatic rings. The maximum atomic E-state index is 13.9. The van der Waals surface area contributed by atoms with Gasteiger partial charge < -0.3 is 19.2 Å². The number of carbonyl (C=O) groups is 1.